The van der Waals surface area contributed by atoms with Crippen molar-refractivity contribution < 1.29 is 4.79 Å². The minimum absolute atomic E-state index is 0.0237. The van der Waals surface area contributed by atoms with Crippen LogP contribution >= 0.6 is 0 Å². The van der Waals surface area contributed by atoms with E-state index in [1.165, 1.54) is 5.56 Å². The predicted molar refractivity (Wildman–Crippen MR) is 76.6 cm³/mol. The smallest absolute Gasteiger partial charge is 0.225 e. The van der Waals surface area contributed by atoms with Gasteiger partial charge in [-0.25, -0.2) is 0 Å². The van der Waals surface area contributed by atoms with Gasteiger partial charge in [-0.15, -0.1) is 0 Å². The largest absolute Gasteiger partial charge is 0.327 e. The molecule has 0 aliphatic rings. The molecular weight excluding hydrogens is 224 g/mol. The van der Waals surface area contributed by atoms with E-state index in [2.05, 4.69) is 11.4 Å². The maximum absolute atomic E-state index is 11.9. The zero-order chi connectivity index (χ0) is 13.9. The highest BCUT2D eigenvalue weighted by Crippen LogP contribution is 2.21. The third kappa shape index (κ3) is 4.15. The summed E-state index contributed by atoms with van der Waals surface area (Å²) in [5, 5.41) is 2.92. The second-order valence-electron chi connectivity index (χ2n) is 6.04. The molecule has 0 radical (unpaired) electrons. The van der Waals surface area contributed by atoms with E-state index in [1.807, 2.05) is 46.8 Å². The maximum Gasteiger partial charge on any atom is 0.225 e. The zero-order valence-corrected chi connectivity index (χ0v) is 12.0. The first kappa shape index (κ1) is 14.7. The van der Waals surface area contributed by atoms with Crippen LogP contribution in [0.2, 0.25) is 0 Å². The number of amides is 1. The van der Waals surface area contributed by atoms with Gasteiger partial charge in [-0.2, -0.15) is 0 Å². The van der Waals surface area contributed by atoms with Crippen LogP contribution in [0.4, 0.5) is 5.69 Å². The quantitative estimate of drug-likeness (QED) is 0.864. The van der Waals surface area contributed by atoms with Gasteiger partial charge < -0.3 is 11.1 Å². The summed E-state index contributed by atoms with van der Waals surface area (Å²) in [5.41, 5.74) is 9.09. The van der Waals surface area contributed by atoms with Crippen LogP contribution < -0.4 is 11.1 Å². The van der Waals surface area contributed by atoms with Gasteiger partial charge in [-0.1, -0.05) is 38.5 Å². The summed E-state index contributed by atoms with van der Waals surface area (Å²) in [6.07, 6.45) is 0.344. The first-order chi connectivity index (χ1) is 8.20. The minimum atomic E-state index is -0.136. The summed E-state index contributed by atoms with van der Waals surface area (Å²) in [4.78, 5) is 11.9. The Labute approximate surface area is 110 Å². The van der Waals surface area contributed by atoms with Crippen molar-refractivity contribution in [1.82, 2.24) is 0 Å². The molecular formula is C15H24N2O. The molecule has 0 heterocycles. The van der Waals surface area contributed by atoms with Crippen LogP contribution in [-0.4, -0.2) is 11.9 Å². The molecule has 1 atom stereocenters. The average molecular weight is 248 g/mol. The summed E-state index contributed by atoms with van der Waals surface area (Å²) >= 11 is 0. The number of aryl methyl sites for hydroxylation is 2. The fourth-order valence-corrected chi connectivity index (χ4v) is 1.66. The summed E-state index contributed by atoms with van der Waals surface area (Å²) < 4.78 is 0. The zero-order valence-electron chi connectivity index (χ0n) is 12.0. The number of anilines is 1. The van der Waals surface area contributed by atoms with Gasteiger partial charge >= 0.3 is 0 Å². The van der Waals surface area contributed by atoms with Gasteiger partial charge in [-0.3, -0.25) is 4.79 Å². The molecule has 18 heavy (non-hydrogen) atoms. The van der Waals surface area contributed by atoms with Crippen LogP contribution in [0, 0.1) is 19.3 Å². The Morgan fingerprint density at radius 2 is 1.94 bits per heavy atom. The van der Waals surface area contributed by atoms with Crippen molar-refractivity contribution in [2.24, 2.45) is 11.1 Å². The van der Waals surface area contributed by atoms with Gasteiger partial charge in [0.1, 0.15) is 0 Å². The Hall–Kier alpha value is -1.35. The van der Waals surface area contributed by atoms with Crippen LogP contribution in [0.3, 0.4) is 0 Å². The van der Waals surface area contributed by atoms with Crippen molar-refractivity contribution in [2.75, 3.05) is 5.32 Å². The van der Waals surface area contributed by atoms with E-state index < -0.39 is 0 Å². The fourth-order valence-electron chi connectivity index (χ4n) is 1.66. The Balaban J connectivity index is 2.65. The van der Waals surface area contributed by atoms with Crippen LogP contribution in [-0.2, 0) is 4.79 Å². The number of nitrogens with one attached hydrogen (secondary N) is 1. The molecule has 0 aliphatic carbocycles. The fraction of sp³-hybridized carbons (Fsp3) is 0.533. The molecule has 1 unspecified atom stereocenters. The van der Waals surface area contributed by atoms with Crippen LogP contribution in [0.25, 0.3) is 0 Å². The first-order valence-corrected chi connectivity index (χ1v) is 6.33. The van der Waals surface area contributed by atoms with Crippen LogP contribution in [0.5, 0.6) is 0 Å². The predicted octanol–water partition coefficient (Wildman–Crippen LogP) is 3.01. The van der Waals surface area contributed by atoms with E-state index in [0.717, 1.165) is 11.3 Å². The monoisotopic (exact) mass is 248 g/mol. The molecule has 1 amide bonds. The number of hydrogen-bond donors (Lipinski definition) is 2. The van der Waals surface area contributed by atoms with Crippen molar-refractivity contribution in [1.29, 1.82) is 0 Å². The number of carbonyl (C=O) groups is 1. The summed E-state index contributed by atoms with van der Waals surface area (Å²) in [6, 6.07) is 5.85. The molecule has 0 aliphatic heterocycles. The molecule has 1 aromatic rings. The molecule has 0 saturated heterocycles. The van der Waals surface area contributed by atoms with E-state index >= 15 is 0 Å². The second-order valence-corrected chi connectivity index (χ2v) is 6.04. The number of rotatable bonds is 3. The lowest BCUT2D eigenvalue weighted by molar-refractivity contribution is -0.117. The number of carbonyl (C=O) groups excluding carboxylic acids is 1. The Morgan fingerprint density at radius 1 is 1.33 bits per heavy atom. The van der Waals surface area contributed by atoms with E-state index in [4.69, 9.17) is 5.73 Å². The van der Waals surface area contributed by atoms with Gasteiger partial charge in [0.05, 0.1) is 0 Å². The molecule has 3 N–H and O–H groups in total. The van der Waals surface area contributed by atoms with Gasteiger partial charge in [0.15, 0.2) is 0 Å². The molecule has 1 rings (SSSR count). The van der Waals surface area contributed by atoms with Crippen molar-refractivity contribution in [3.63, 3.8) is 0 Å². The van der Waals surface area contributed by atoms with Crippen molar-refractivity contribution in [2.45, 2.75) is 47.1 Å². The van der Waals surface area contributed by atoms with E-state index in [-0.39, 0.29) is 17.4 Å². The Kier molecular flexibility index (Phi) is 4.52. The summed E-state index contributed by atoms with van der Waals surface area (Å²) in [5.74, 6) is -0.0237. The lowest BCUT2D eigenvalue weighted by Crippen LogP contribution is -2.38. The van der Waals surface area contributed by atoms with Crippen molar-refractivity contribution in [3.05, 3.63) is 29.3 Å². The molecule has 3 nitrogen and oxygen atoms in total. The Morgan fingerprint density at radius 3 is 2.44 bits per heavy atom. The van der Waals surface area contributed by atoms with Gasteiger partial charge in [0, 0.05) is 18.2 Å². The van der Waals surface area contributed by atoms with Crippen LogP contribution in [0.15, 0.2) is 18.2 Å². The lowest BCUT2D eigenvalue weighted by atomic mass is 9.85. The molecule has 0 bridgehead atoms. The van der Waals surface area contributed by atoms with Crippen molar-refractivity contribution >= 4 is 11.6 Å². The highest BCUT2D eigenvalue weighted by molar-refractivity contribution is 5.91. The van der Waals surface area contributed by atoms with E-state index in [0.29, 0.717) is 6.42 Å². The van der Waals surface area contributed by atoms with Crippen LogP contribution in [0.1, 0.15) is 38.3 Å². The molecule has 3 heteroatoms. The minimum Gasteiger partial charge on any atom is -0.327 e. The first-order valence-electron chi connectivity index (χ1n) is 6.33. The number of hydrogen-bond acceptors (Lipinski definition) is 2. The maximum atomic E-state index is 11.9. The lowest BCUT2D eigenvalue weighted by Gasteiger charge is -2.26. The standard InChI is InChI=1S/C15H24N2O/c1-10-6-7-12(11(2)8-10)17-14(18)9-13(16)15(3,4)5/h6-8,13H,9,16H2,1-5H3,(H,17,18). The molecule has 1 aromatic carbocycles. The topological polar surface area (TPSA) is 55.1 Å². The van der Waals surface area contributed by atoms with Gasteiger partial charge in [0.25, 0.3) is 0 Å². The molecule has 0 spiro atoms. The highest BCUT2D eigenvalue weighted by Gasteiger charge is 2.23. The molecule has 100 valence electrons. The highest BCUT2D eigenvalue weighted by atomic mass is 16.1. The second kappa shape index (κ2) is 5.53. The number of benzene rings is 1. The van der Waals surface area contributed by atoms with Gasteiger partial charge in [-0.05, 0) is 30.9 Å². The van der Waals surface area contributed by atoms with Crippen molar-refractivity contribution in [3.8, 4) is 0 Å². The van der Waals surface area contributed by atoms with Gasteiger partial charge in [0.2, 0.25) is 5.91 Å². The third-order valence-corrected chi connectivity index (χ3v) is 3.17. The summed E-state index contributed by atoms with van der Waals surface area (Å²) in [6.45, 7) is 10.2. The summed E-state index contributed by atoms with van der Waals surface area (Å²) in [7, 11) is 0. The van der Waals surface area contributed by atoms with E-state index in [1.54, 1.807) is 0 Å². The Bertz CT molecular complexity index is 433. The SMILES string of the molecule is Cc1ccc(NC(=O)CC(N)C(C)(C)C)c(C)c1. The molecule has 0 aromatic heterocycles. The average Bonchev–Trinajstić information content (AvgIpc) is 2.20. The number of nitrogens with two attached hydrogens (primary N) is 1. The normalized spacial score (nSPS) is 13.2. The molecule has 0 saturated carbocycles. The molecule has 0 fully saturated rings. The van der Waals surface area contributed by atoms with E-state index in [9.17, 15) is 4.79 Å². The third-order valence-electron chi connectivity index (χ3n) is 3.17.